The van der Waals surface area contributed by atoms with Gasteiger partial charge in [-0.2, -0.15) is 4.31 Å². The van der Waals surface area contributed by atoms with Crippen LogP contribution in [0.3, 0.4) is 0 Å². The quantitative estimate of drug-likeness (QED) is 0.605. The number of anilines is 1. The standard InChI is InChI=1S/C26H31N3O4S/c1-17-13-20-21(27-22-15-26(2,3)16-23(30)25(20)22)14-24(17)34(31,32)29-11-9-28(10-12-29)18-5-7-19(33-4)8-6-18/h5-8,13-14,27H,9-12,15-16H2,1-4H3. The molecule has 1 N–H and O–H groups in total. The first-order valence-electron chi connectivity index (χ1n) is 11.7. The molecular weight excluding hydrogens is 450 g/mol. The zero-order valence-electron chi connectivity index (χ0n) is 20.1. The predicted molar refractivity (Wildman–Crippen MR) is 133 cm³/mol. The number of aromatic amines is 1. The number of hydrogen-bond donors (Lipinski definition) is 1. The van der Waals surface area contributed by atoms with Crippen molar-refractivity contribution in [2.75, 3.05) is 38.2 Å². The Morgan fingerprint density at radius 1 is 1.00 bits per heavy atom. The Morgan fingerprint density at radius 3 is 2.32 bits per heavy atom. The number of carbonyl (C=O) groups is 1. The zero-order chi connectivity index (χ0) is 24.3. The molecule has 180 valence electrons. The van der Waals surface area contributed by atoms with E-state index in [1.807, 2.05) is 37.3 Å². The number of fused-ring (bicyclic) bond motifs is 3. The van der Waals surface area contributed by atoms with Gasteiger partial charge in [0.05, 0.1) is 12.0 Å². The number of piperazine rings is 1. The molecule has 1 saturated heterocycles. The van der Waals surface area contributed by atoms with E-state index in [4.69, 9.17) is 4.74 Å². The summed E-state index contributed by atoms with van der Waals surface area (Å²) in [6, 6.07) is 11.4. The van der Waals surface area contributed by atoms with E-state index in [0.717, 1.165) is 40.0 Å². The van der Waals surface area contributed by atoms with Gasteiger partial charge < -0.3 is 14.6 Å². The summed E-state index contributed by atoms with van der Waals surface area (Å²) >= 11 is 0. The van der Waals surface area contributed by atoms with Gasteiger partial charge in [-0.25, -0.2) is 8.42 Å². The minimum Gasteiger partial charge on any atom is -0.497 e. The van der Waals surface area contributed by atoms with Crippen LogP contribution >= 0.6 is 0 Å². The van der Waals surface area contributed by atoms with E-state index in [0.29, 0.717) is 43.1 Å². The van der Waals surface area contributed by atoms with Crippen molar-refractivity contribution in [3.05, 3.63) is 53.2 Å². The molecule has 1 aromatic heterocycles. The van der Waals surface area contributed by atoms with Gasteiger partial charge in [0.25, 0.3) is 0 Å². The van der Waals surface area contributed by atoms with E-state index < -0.39 is 10.0 Å². The van der Waals surface area contributed by atoms with Gasteiger partial charge in [-0.3, -0.25) is 4.79 Å². The molecule has 2 heterocycles. The molecule has 5 rings (SSSR count). The van der Waals surface area contributed by atoms with Crippen molar-refractivity contribution in [1.29, 1.82) is 0 Å². The normalized spacial score (nSPS) is 18.8. The molecule has 0 saturated carbocycles. The predicted octanol–water partition coefficient (Wildman–Crippen LogP) is 4.15. The number of nitrogens with one attached hydrogen (secondary N) is 1. The molecule has 0 amide bonds. The number of benzene rings is 2. The maximum atomic E-state index is 13.6. The SMILES string of the molecule is COc1ccc(N2CCN(S(=O)(=O)c3cc4[nH]c5c(c4cc3C)C(=O)CC(C)(C)C5)CC2)cc1. The van der Waals surface area contributed by atoms with Crippen LogP contribution in [0.4, 0.5) is 5.69 Å². The first kappa shape index (κ1) is 22.9. The Bertz CT molecular complexity index is 1370. The highest BCUT2D eigenvalue weighted by Gasteiger charge is 2.35. The van der Waals surface area contributed by atoms with Crippen molar-refractivity contribution >= 4 is 32.4 Å². The van der Waals surface area contributed by atoms with E-state index in [1.54, 1.807) is 17.5 Å². The number of aromatic nitrogens is 1. The first-order chi connectivity index (χ1) is 16.1. The van der Waals surface area contributed by atoms with Crippen molar-refractivity contribution in [2.45, 2.75) is 38.5 Å². The van der Waals surface area contributed by atoms with Crippen LogP contribution < -0.4 is 9.64 Å². The molecule has 3 aromatic rings. The topological polar surface area (TPSA) is 82.7 Å². The van der Waals surface area contributed by atoms with E-state index >= 15 is 0 Å². The number of carbonyl (C=O) groups excluding carboxylic acids is 1. The minimum absolute atomic E-state index is 0.0987. The maximum Gasteiger partial charge on any atom is 0.243 e. The lowest BCUT2D eigenvalue weighted by Gasteiger charge is -2.35. The number of hydrogen-bond acceptors (Lipinski definition) is 5. The maximum absolute atomic E-state index is 13.6. The Hall–Kier alpha value is -2.84. The molecule has 7 nitrogen and oxygen atoms in total. The van der Waals surface area contributed by atoms with E-state index in [9.17, 15) is 13.2 Å². The van der Waals surface area contributed by atoms with E-state index in [1.165, 1.54) is 0 Å². The van der Waals surface area contributed by atoms with Gasteiger partial charge >= 0.3 is 0 Å². The minimum atomic E-state index is -3.66. The monoisotopic (exact) mass is 481 g/mol. The number of H-pyrrole nitrogens is 1. The van der Waals surface area contributed by atoms with Gasteiger partial charge in [0.2, 0.25) is 10.0 Å². The molecule has 1 aliphatic heterocycles. The highest BCUT2D eigenvalue weighted by Crippen LogP contribution is 2.39. The first-order valence-corrected chi connectivity index (χ1v) is 13.1. The molecule has 0 unspecified atom stereocenters. The third kappa shape index (κ3) is 3.88. The molecule has 0 radical (unpaired) electrons. The van der Waals surface area contributed by atoms with Crippen molar-refractivity contribution in [3.8, 4) is 5.75 Å². The molecule has 34 heavy (non-hydrogen) atoms. The number of Topliss-reactive ketones (excluding diaryl/α,β-unsaturated/α-hetero) is 1. The number of rotatable bonds is 4. The molecule has 0 bridgehead atoms. The van der Waals surface area contributed by atoms with Gasteiger partial charge in [0, 0.05) is 60.4 Å². The van der Waals surface area contributed by atoms with Crippen LogP contribution in [0.15, 0.2) is 41.3 Å². The number of sulfonamides is 1. The van der Waals surface area contributed by atoms with Gasteiger partial charge in [0.1, 0.15) is 5.75 Å². The van der Waals surface area contributed by atoms with Crippen LogP contribution in [0.2, 0.25) is 0 Å². The number of methoxy groups -OCH3 is 1. The third-order valence-electron chi connectivity index (χ3n) is 7.04. The van der Waals surface area contributed by atoms with Crippen LogP contribution in [0.1, 0.15) is 41.9 Å². The van der Waals surface area contributed by atoms with Crippen LogP contribution in [0.25, 0.3) is 10.9 Å². The summed E-state index contributed by atoms with van der Waals surface area (Å²) in [6.07, 6.45) is 1.28. The van der Waals surface area contributed by atoms with E-state index in [2.05, 4.69) is 23.7 Å². The number of ether oxygens (including phenoxy) is 1. The second-order valence-corrected chi connectivity index (χ2v) is 12.1. The molecule has 0 atom stereocenters. The van der Waals surface area contributed by atoms with Gasteiger partial charge in [-0.05, 0) is 60.7 Å². The summed E-state index contributed by atoms with van der Waals surface area (Å²) in [5.41, 5.74) is 3.99. The molecular formula is C26H31N3O4S. The van der Waals surface area contributed by atoms with Crippen molar-refractivity contribution < 1.29 is 17.9 Å². The zero-order valence-corrected chi connectivity index (χ0v) is 21.0. The number of nitrogens with zero attached hydrogens (tertiary/aromatic N) is 2. The lowest BCUT2D eigenvalue weighted by atomic mass is 9.76. The Morgan fingerprint density at radius 2 is 1.68 bits per heavy atom. The van der Waals surface area contributed by atoms with Crippen LogP contribution in [0, 0.1) is 12.3 Å². The second kappa shape index (κ2) is 8.13. The highest BCUT2D eigenvalue weighted by atomic mass is 32.2. The summed E-state index contributed by atoms with van der Waals surface area (Å²) in [4.78, 5) is 18.7. The molecule has 8 heteroatoms. The summed E-state index contributed by atoms with van der Waals surface area (Å²) in [7, 11) is -2.02. The summed E-state index contributed by atoms with van der Waals surface area (Å²) in [6.45, 7) is 8.06. The Balaban J connectivity index is 1.41. The smallest absolute Gasteiger partial charge is 0.243 e. The lowest BCUT2D eigenvalue weighted by molar-refractivity contribution is 0.0913. The molecule has 1 aliphatic carbocycles. The fourth-order valence-corrected chi connectivity index (χ4v) is 6.95. The summed E-state index contributed by atoms with van der Waals surface area (Å²) < 4.78 is 34.0. The van der Waals surface area contributed by atoms with Gasteiger partial charge in [-0.15, -0.1) is 0 Å². The fraction of sp³-hybridized carbons (Fsp3) is 0.423. The Kier molecular flexibility index (Phi) is 5.48. The number of aryl methyl sites for hydroxylation is 1. The molecule has 0 spiro atoms. The lowest BCUT2D eigenvalue weighted by Crippen LogP contribution is -2.48. The second-order valence-electron chi connectivity index (χ2n) is 10.2. The molecule has 2 aliphatic rings. The van der Waals surface area contributed by atoms with Crippen molar-refractivity contribution in [2.24, 2.45) is 5.41 Å². The fourth-order valence-electron chi connectivity index (χ4n) is 5.30. The summed E-state index contributed by atoms with van der Waals surface area (Å²) in [5.74, 6) is 0.925. The van der Waals surface area contributed by atoms with Crippen LogP contribution in [0.5, 0.6) is 5.75 Å². The molecule has 1 fully saturated rings. The summed E-state index contributed by atoms with van der Waals surface area (Å²) in [5, 5.41) is 0.830. The van der Waals surface area contributed by atoms with Gasteiger partial charge in [-0.1, -0.05) is 13.8 Å². The number of ketones is 1. The Labute approximate surface area is 200 Å². The average molecular weight is 482 g/mol. The van der Waals surface area contributed by atoms with E-state index in [-0.39, 0.29) is 11.2 Å². The van der Waals surface area contributed by atoms with Crippen molar-refractivity contribution in [3.63, 3.8) is 0 Å². The highest BCUT2D eigenvalue weighted by molar-refractivity contribution is 7.89. The average Bonchev–Trinajstić information content (AvgIpc) is 3.14. The third-order valence-corrected chi connectivity index (χ3v) is 9.08. The molecule has 2 aromatic carbocycles. The van der Waals surface area contributed by atoms with Crippen LogP contribution in [-0.2, 0) is 16.4 Å². The van der Waals surface area contributed by atoms with Crippen LogP contribution in [-0.4, -0.2) is 56.8 Å². The largest absolute Gasteiger partial charge is 0.497 e. The van der Waals surface area contributed by atoms with Crippen molar-refractivity contribution in [1.82, 2.24) is 9.29 Å². The van der Waals surface area contributed by atoms with Gasteiger partial charge in [0.15, 0.2) is 5.78 Å².